The van der Waals surface area contributed by atoms with Gasteiger partial charge in [0.1, 0.15) is 0 Å². The van der Waals surface area contributed by atoms with E-state index in [0.29, 0.717) is 11.5 Å². The van der Waals surface area contributed by atoms with Crippen LogP contribution in [0.5, 0.6) is 0 Å². The van der Waals surface area contributed by atoms with Crippen molar-refractivity contribution in [1.29, 1.82) is 5.26 Å². The molecule has 0 aliphatic rings. The molecule has 0 N–H and O–H groups in total. The first-order valence-electron chi connectivity index (χ1n) is 6.35. The predicted octanol–water partition coefficient (Wildman–Crippen LogP) is 4.73. The molecule has 0 bridgehead atoms. The molecule has 0 radical (unpaired) electrons. The number of rotatable bonds is 7. The SMILES string of the molecule is C#C/C=C(\C=C/CC(C)C)C/C=C\C=C(\C#N)C=C. The summed E-state index contributed by atoms with van der Waals surface area (Å²) in [5, 5.41) is 8.71. The van der Waals surface area contributed by atoms with E-state index in [0.717, 1.165) is 18.4 Å². The summed E-state index contributed by atoms with van der Waals surface area (Å²) in [7, 11) is 0. The Bertz CT molecular complexity index is 471. The molecule has 0 saturated carbocycles. The van der Waals surface area contributed by atoms with Crippen molar-refractivity contribution in [3.05, 3.63) is 60.3 Å². The van der Waals surface area contributed by atoms with E-state index in [9.17, 15) is 0 Å². The van der Waals surface area contributed by atoms with Crippen molar-refractivity contribution in [2.24, 2.45) is 5.92 Å². The number of hydrogen-bond acceptors (Lipinski definition) is 1. The molecule has 0 saturated heterocycles. The second-order valence-corrected chi connectivity index (χ2v) is 4.49. The van der Waals surface area contributed by atoms with E-state index < -0.39 is 0 Å². The fourth-order valence-corrected chi connectivity index (χ4v) is 1.30. The Balaban J connectivity index is 4.52. The average molecular weight is 251 g/mol. The monoisotopic (exact) mass is 251 g/mol. The second kappa shape index (κ2) is 10.9. The van der Waals surface area contributed by atoms with Crippen LogP contribution >= 0.6 is 0 Å². The Morgan fingerprint density at radius 2 is 2.11 bits per heavy atom. The fraction of sp³-hybridized carbons (Fsp3) is 0.278. The van der Waals surface area contributed by atoms with Gasteiger partial charge in [0.05, 0.1) is 11.6 Å². The lowest BCUT2D eigenvalue weighted by atomic mass is 10.1. The van der Waals surface area contributed by atoms with Gasteiger partial charge >= 0.3 is 0 Å². The van der Waals surface area contributed by atoms with Gasteiger partial charge in [-0.2, -0.15) is 5.26 Å². The third kappa shape index (κ3) is 9.45. The molecular formula is C18H21N. The van der Waals surface area contributed by atoms with Crippen LogP contribution in [0.2, 0.25) is 0 Å². The Labute approximate surface area is 117 Å². The van der Waals surface area contributed by atoms with Crippen molar-refractivity contribution in [3.63, 3.8) is 0 Å². The van der Waals surface area contributed by atoms with Crippen molar-refractivity contribution in [1.82, 2.24) is 0 Å². The Morgan fingerprint density at radius 1 is 1.37 bits per heavy atom. The molecule has 0 amide bonds. The summed E-state index contributed by atoms with van der Waals surface area (Å²) < 4.78 is 0. The van der Waals surface area contributed by atoms with Crippen LogP contribution in [0.25, 0.3) is 0 Å². The third-order valence-electron chi connectivity index (χ3n) is 2.32. The maximum atomic E-state index is 8.71. The van der Waals surface area contributed by atoms with Gasteiger partial charge in [0.15, 0.2) is 0 Å². The molecule has 0 aromatic heterocycles. The molecule has 98 valence electrons. The van der Waals surface area contributed by atoms with Crippen LogP contribution in [0.3, 0.4) is 0 Å². The van der Waals surface area contributed by atoms with Gasteiger partial charge in [0, 0.05) is 0 Å². The Hall–Kier alpha value is -2.25. The van der Waals surface area contributed by atoms with Crippen LogP contribution in [-0.4, -0.2) is 0 Å². The van der Waals surface area contributed by atoms with Crippen molar-refractivity contribution < 1.29 is 0 Å². The highest BCUT2D eigenvalue weighted by Crippen LogP contribution is 2.08. The van der Waals surface area contributed by atoms with Gasteiger partial charge in [-0.15, -0.1) is 6.42 Å². The molecule has 0 fully saturated rings. The van der Waals surface area contributed by atoms with Gasteiger partial charge in [0.25, 0.3) is 0 Å². The first kappa shape index (κ1) is 16.8. The van der Waals surface area contributed by atoms with Crippen LogP contribution < -0.4 is 0 Å². The van der Waals surface area contributed by atoms with Gasteiger partial charge in [-0.1, -0.05) is 56.7 Å². The second-order valence-electron chi connectivity index (χ2n) is 4.49. The van der Waals surface area contributed by atoms with Crippen LogP contribution in [-0.2, 0) is 0 Å². The lowest BCUT2D eigenvalue weighted by molar-refractivity contribution is 0.663. The van der Waals surface area contributed by atoms with Crippen molar-refractivity contribution in [2.75, 3.05) is 0 Å². The molecule has 0 unspecified atom stereocenters. The first-order valence-corrected chi connectivity index (χ1v) is 6.35. The van der Waals surface area contributed by atoms with E-state index in [-0.39, 0.29) is 0 Å². The van der Waals surface area contributed by atoms with E-state index in [1.807, 2.05) is 18.2 Å². The van der Waals surface area contributed by atoms with E-state index in [1.54, 1.807) is 12.2 Å². The normalized spacial score (nSPS) is 12.9. The molecule has 0 spiro atoms. The topological polar surface area (TPSA) is 23.8 Å². The number of allylic oxidation sites excluding steroid dienone is 9. The van der Waals surface area contributed by atoms with Gasteiger partial charge in [-0.05, 0) is 36.5 Å². The van der Waals surface area contributed by atoms with Gasteiger partial charge < -0.3 is 0 Å². The fourth-order valence-electron chi connectivity index (χ4n) is 1.30. The number of hydrogen-bond donors (Lipinski definition) is 0. The molecular weight excluding hydrogens is 230 g/mol. The van der Waals surface area contributed by atoms with Crippen LogP contribution in [0.1, 0.15) is 26.7 Å². The van der Waals surface area contributed by atoms with Crippen LogP contribution in [0.4, 0.5) is 0 Å². The summed E-state index contributed by atoms with van der Waals surface area (Å²) in [6.07, 6.45) is 20.2. The van der Waals surface area contributed by atoms with Gasteiger partial charge in [-0.3, -0.25) is 0 Å². The van der Waals surface area contributed by atoms with E-state index in [2.05, 4.69) is 38.5 Å². The maximum Gasteiger partial charge on any atom is 0.0991 e. The van der Waals surface area contributed by atoms with Crippen molar-refractivity contribution >= 4 is 0 Å². The quantitative estimate of drug-likeness (QED) is 0.364. The minimum Gasteiger partial charge on any atom is -0.192 e. The molecule has 1 nitrogen and oxygen atoms in total. The third-order valence-corrected chi connectivity index (χ3v) is 2.32. The van der Waals surface area contributed by atoms with Crippen LogP contribution in [0.15, 0.2) is 60.3 Å². The zero-order valence-electron chi connectivity index (χ0n) is 11.8. The molecule has 0 aromatic rings. The van der Waals surface area contributed by atoms with Crippen molar-refractivity contribution in [2.45, 2.75) is 26.7 Å². The Morgan fingerprint density at radius 3 is 2.63 bits per heavy atom. The number of terminal acetylenes is 1. The summed E-state index contributed by atoms with van der Waals surface area (Å²) in [6, 6.07) is 2.04. The minimum absolute atomic E-state index is 0.550. The van der Waals surface area contributed by atoms with Gasteiger partial charge in [-0.25, -0.2) is 0 Å². The summed E-state index contributed by atoms with van der Waals surface area (Å²) in [6.45, 7) is 7.92. The molecule has 0 aliphatic carbocycles. The molecule has 0 rings (SSSR count). The highest BCUT2D eigenvalue weighted by Gasteiger charge is 1.91. The molecule has 0 aliphatic heterocycles. The van der Waals surface area contributed by atoms with Gasteiger partial charge in [0.2, 0.25) is 0 Å². The molecule has 1 heteroatoms. The van der Waals surface area contributed by atoms with Crippen LogP contribution in [0, 0.1) is 29.6 Å². The molecule has 19 heavy (non-hydrogen) atoms. The smallest absolute Gasteiger partial charge is 0.0991 e. The minimum atomic E-state index is 0.550. The molecule has 0 aromatic carbocycles. The summed E-state index contributed by atoms with van der Waals surface area (Å²) in [5.41, 5.74) is 1.64. The summed E-state index contributed by atoms with van der Waals surface area (Å²) in [4.78, 5) is 0. The zero-order valence-corrected chi connectivity index (χ0v) is 11.8. The summed E-state index contributed by atoms with van der Waals surface area (Å²) in [5.74, 6) is 3.19. The highest BCUT2D eigenvalue weighted by atomic mass is 14.2. The lowest BCUT2D eigenvalue weighted by Gasteiger charge is -1.98. The number of nitrogens with zero attached hydrogens (tertiary/aromatic N) is 1. The average Bonchev–Trinajstić information content (AvgIpc) is 2.38. The standard InChI is InChI=1S/C18H21N/c1-5-10-18(14-9-11-16(3)4)13-8-7-12-17(6-2)15-19/h1,6-10,12,14,16H,2,11,13H2,3-4H3/b8-7-,14-9-,17-12+,18-10-. The number of nitriles is 1. The first-order chi connectivity index (χ1) is 9.13. The van der Waals surface area contributed by atoms with E-state index in [1.165, 1.54) is 6.08 Å². The maximum absolute atomic E-state index is 8.71. The zero-order chi connectivity index (χ0) is 14.5. The predicted molar refractivity (Wildman–Crippen MR) is 83.2 cm³/mol. The molecule has 0 heterocycles. The highest BCUT2D eigenvalue weighted by molar-refractivity contribution is 5.35. The largest absolute Gasteiger partial charge is 0.192 e. The van der Waals surface area contributed by atoms with E-state index in [4.69, 9.17) is 11.7 Å². The molecule has 0 atom stereocenters. The summed E-state index contributed by atoms with van der Waals surface area (Å²) >= 11 is 0. The van der Waals surface area contributed by atoms with Crippen molar-refractivity contribution in [3.8, 4) is 18.4 Å². The Kier molecular flexibility index (Phi) is 9.59. The van der Waals surface area contributed by atoms with E-state index >= 15 is 0 Å². The lowest BCUT2D eigenvalue weighted by Crippen LogP contribution is -1.82.